The van der Waals surface area contributed by atoms with Gasteiger partial charge in [-0.25, -0.2) is 0 Å². The van der Waals surface area contributed by atoms with Crippen LogP contribution in [0.5, 0.6) is 0 Å². The molecule has 0 unspecified atom stereocenters. The van der Waals surface area contributed by atoms with Crippen molar-refractivity contribution in [3.63, 3.8) is 0 Å². The van der Waals surface area contributed by atoms with Gasteiger partial charge in [0.1, 0.15) is 0 Å². The predicted octanol–water partition coefficient (Wildman–Crippen LogP) is 1.91. The number of nitrogens with zero attached hydrogens (tertiary/aromatic N) is 2. The molecule has 0 fully saturated rings. The number of anilines is 1. The molecule has 0 saturated carbocycles. The Bertz CT molecular complexity index is 560. The number of aryl methyl sites for hydroxylation is 1. The summed E-state index contributed by atoms with van der Waals surface area (Å²) >= 11 is 0. The highest BCUT2D eigenvalue weighted by Gasteiger charge is 2.15. The first-order chi connectivity index (χ1) is 8.65. The van der Waals surface area contributed by atoms with Crippen molar-refractivity contribution in [2.75, 3.05) is 18.6 Å². The molecular formula is C14H18N2O2. The van der Waals surface area contributed by atoms with Crippen LogP contribution in [-0.4, -0.2) is 29.2 Å². The van der Waals surface area contributed by atoms with Crippen molar-refractivity contribution in [2.45, 2.75) is 12.8 Å². The molecule has 18 heavy (non-hydrogen) atoms. The summed E-state index contributed by atoms with van der Waals surface area (Å²) in [7, 11) is 3.75. The van der Waals surface area contributed by atoms with E-state index in [2.05, 4.69) is 0 Å². The third-order valence-corrected chi connectivity index (χ3v) is 3.16. The average molecular weight is 246 g/mol. The molecule has 1 N–H and O–H groups in total. The predicted molar refractivity (Wildman–Crippen MR) is 72.6 cm³/mol. The Hall–Kier alpha value is -1.81. The number of para-hydroxylation sites is 1. The zero-order valence-corrected chi connectivity index (χ0v) is 10.8. The second-order valence-corrected chi connectivity index (χ2v) is 4.42. The van der Waals surface area contributed by atoms with Gasteiger partial charge in [0.2, 0.25) is 5.91 Å². The molecule has 0 aliphatic heterocycles. The van der Waals surface area contributed by atoms with E-state index in [1.54, 1.807) is 11.9 Å². The first-order valence-corrected chi connectivity index (χ1v) is 6.06. The first-order valence-electron chi connectivity index (χ1n) is 6.06. The van der Waals surface area contributed by atoms with Crippen LogP contribution in [0.15, 0.2) is 30.5 Å². The van der Waals surface area contributed by atoms with Crippen LogP contribution >= 0.6 is 0 Å². The number of carbonyl (C=O) groups is 1. The molecule has 2 rings (SSSR count). The molecule has 0 radical (unpaired) electrons. The van der Waals surface area contributed by atoms with Crippen LogP contribution in [0, 0.1) is 0 Å². The summed E-state index contributed by atoms with van der Waals surface area (Å²) in [6, 6.07) is 8.00. The average Bonchev–Trinajstić information content (AvgIpc) is 2.73. The summed E-state index contributed by atoms with van der Waals surface area (Å²) in [5.41, 5.74) is 2.02. The summed E-state index contributed by atoms with van der Waals surface area (Å²) in [5.74, 6) is 0.0282. The van der Waals surface area contributed by atoms with E-state index < -0.39 is 0 Å². The largest absolute Gasteiger partial charge is 0.396 e. The number of hydrogen-bond acceptors (Lipinski definition) is 2. The highest BCUT2D eigenvalue weighted by atomic mass is 16.3. The molecule has 1 aromatic carbocycles. The fourth-order valence-electron chi connectivity index (χ4n) is 2.12. The maximum absolute atomic E-state index is 12.0. The summed E-state index contributed by atoms with van der Waals surface area (Å²) in [6.45, 7) is 0.0507. The molecule has 1 aromatic heterocycles. The molecule has 0 aliphatic carbocycles. The molecule has 4 heteroatoms. The van der Waals surface area contributed by atoms with E-state index >= 15 is 0 Å². The normalized spacial score (nSPS) is 10.8. The van der Waals surface area contributed by atoms with Gasteiger partial charge in [-0.1, -0.05) is 18.2 Å². The van der Waals surface area contributed by atoms with Crippen molar-refractivity contribution in [3.05, 3.63) is 30.5 Å². The van der Waals surface area contributed by atoms with E-state index in [0.717, 1.165) is 16.6 Å². The van der Waals surface area contributed by atoms with Crippen molar-refractivity contribution in [1.82, 2.24) is 4.57 Å². The molecule has 1 heterocycles. The fraction of sp³-hybridized carbons (Fsp3) is 0.357. The number of aromatic nitrogens is 1. The lowest BCUT2D eigenvalue weighted by atomic mass is 10.2. The van der Waals surface area contributed by atoms with Gasteiger partial charge in [0.25, 0.3) is 0 Å². The molecule has 0 saturated heterocycles. The highest BCUT2D eigenvalue weighted by molar-refractivity contribution is 6.03. The summed E-state index contributed by atoms with van der Waals surface area (Å²) < 4.78 is 2.01. The minimum atomic E-state index is 0.0282. The Labute approximate surface area is 106 Å². The van der Waals surface area contributed by atoms with Gasteiger partial charge in [0, 0.05) is 44.2 Å². The Morgan fingerprint density at radius 2 is 2.11 bits per heavy atom. The van der Waals surface area contributed by atoms with Gasteiger partial charge in [-0.2, -0.15) is 0 Å². The zero-order valence-electron chi connectivity index (χ0n) is 10.8. The minimum Gasteiger partial charge on any atom is -0.396 e. The number of fused-ring (bicyclic) bond motifs is 1. The summed E-state index contributed by atoms with van der Waals surface area (Å²) in [4.78, 5) is 13.6. The molecular weight excluding hydrogens is 228 g/mol. The summed E-state index contributed by atoms with van der Waals surface area (Å²) in [6.07, 6.45) is 2.84. The number of carbonyl (C=O) groups excluding carboxylic acids is 1. The highest BCUT2D eigenvalue weighted by Crippen LogP contribution is 2.28. The van der Waals surface area contributed by atoms with Crippen molar-refractivity contribution in [1.29, 1.82) is 0 Å². The zero-order chi connectivity index (χ0) is 13.1. The van der Waals surface area contributed by atoms with Gasteiger partial charge in [0.05, 0.1) is 5.69 Å². The van der Waals surface area contributed by atoms with Crippen molar-refractivity contribution < 1.29 is 9.90 Å². The molecule has 4 nitrogen and oxygen atoms in total. The van der Waals surface area contributed by atoms with Crippen LogP contribution in [0.1, 0.15) is 12.8 Å². The third kappa shape index (κ3) is 2.24. The van der Waals surface area contributed by atoms with Gasteiger partial charge in [-0.05, 0) is 12.5 Å². The number of amides is 1. The Morgan fingerprint density at radius 3 is 2.83 bits per heavy atom. The van der Waals surface area contributed by atoms with Crippen molar-refractivity contribution in [2.24, 2.45) is 7.05 Å². The topological polar surface area (TPSA) is 45.5 Å². The Morgan fingerprint density at radius 1 is 1.39 bits per heavy atom. The fourth-order valence-corrected chi connectivity index (χ4v) is 2.12. The Balaban J connectivity index is 2.33. The second kappa shape index (κ2) is 5.23. The SMILES string of the molecule is CN(C(=O)CCCO)c1cn(C)c2ccccc12. The van der Waals surface area contributed by atoms with Gasteiger partial charge in [-0.15, -0.1) is 0 Å². The minimum absolute atomic E-state index is 0.0282. The smallest absolute Gasteiger partial charge is 0.226 e. The van der Waals surface area contributed by atoms with E-state index in [0.29, 0.717) is 12.8 Å². The number of hydrogen-bond donors (Lipinski definition) is 1. The van der Waals surface area contributed by atoms with Gasteiger partial charge in [0.15, 0.2) is 0 Å². The van der Waals surface area contributed by atoms with Crippen LogP contribution in [0.4, 0.5) is 5.69 Å². The quantitative estimate of drug-likeness (QED) is 0.895. The third-order valence-electron chi connectivity index (χ3n) is 3.16. The maximum Gasteiger partial charge on any atom is 0.226 e. The van der Waals surface area contributed by atoms with Crippen LogP contribution < -0.4 is 4.90 Å². The second-order valence-electron chi connectivity index (χ2n) is 4.42. The molecule has 96 valence electrons. The van der Waals surface area contributed by atoms with Gasteiger partial charge in [-0.3, -0.25) is 4.79 Å². The van der Waals surface area contributed by atoms with Crippen molar-refractivity contribution in [3.8, 4) is 0 Å². The van der Waals surface area contributed by atoms with Crippen LogP contribution in [0.25, 0.3) is 10.9 Å². The number of benzene rings is 1. The van der Waals surface area contributed by atoms with Crippen LogP contribution in [0.3, 0.4) is 0 Å². The van der Waals surface area contributed by atoms with Crippen LogP contribution in [0.2, 0.25) is 0 Å². The lowest BCUT2D eigenvalue weighted by molar-refractivity contribution is -0.118. The number of rotatable bonds is 4. The Kier molecular flexibility index (Phi) is 3.67. The van der Waals surface area contributed by atoms with E-state index in [9.17, 15) is 4.79 Å². The number of aliphatic hydroxyl groups is 1. The lowest BCUT2D eigenvalue weighted by Gasteiger charge is -2.16. The van der Waals surface area contributed by atoms with E-state index in [1.165, 1.54) is 0 Å². The number of aliphatic hydroxyl groups excluding tert-OH is 1. The summed E-state index contributed by atoms with van der Waals surface area (Å²) in [5, 5.41) is 9.84. The van der Waals surface area contributed by atoms with Crippen LogP contribution in [-0.2, 0) is 11.8 Å². The van der Waals surface area contributed by atoms with Crippen molar-refractivity contribution >= 4 is 22.5 Å². The molecule has 0 spiro atoms. The van der Waals surface area contributed by atoms with E-state index in [-0.39, 0.29) is 12.5 Å². The molecule has 0 atom stereocenters. The van der Waals surface area contributed by atoms with E-state index in [1.807, 2.05) is 42.1 Å². The molecule has 1 amide bonds. The lowest BCUT2D eigenvalue weighted by Crippen LogP contribution is -2.25. The molecule has 0 bridgehead atoms. The first kappa shape index (κ1) is 12.6. The maximum atomic E-state index is 12.0. The standard InChI is InChI=1S/C14H18N2O2/c1-15-10-13(11-6-3-4-7-12(11)15)16(2)14(18)8-5-9-17/h3-4,6-7,10,17H,5,8-9H2,1-2H3. The van der Waals surface area contributed by atoms with Gasteiger partial charge < -0.3 is 14.6 Å². The monoisotopic (exact) mass is 246 g/mol. The van der Waals surface area contributed by atoms with Gasteiger partial charge >= 0.3 is 0 Å². The molecule has 0 aliphatic rings. The van der Waals surface area contributed by atoms with E-state index in [4.69, 9.17) is 5.11 Å². The molecule has 2 aromatic rings.